The van der Waals surface area contributed by atoms with Gasteiger partial charge in [-0.1, -0.05) is 12.1 Å². The molecule has 18 heavy (non-hydrogen) atoms. The number of rotatable bonds is 4. The van der Waals surface area contributed by atoms with Gasteiger partial charge in [0.25, 0.3) is 0 Å². The average molecular weight is 249 g/mol. The van der Waals surface area contributed by atoms with Crippen LogP contribution in [0.3, 0.4) is 0 Å². The average Bonchev–Trinajstić information content (AvgIpc) is 2.38. The molecule has 0 bridgehead atoms. The van der Waals surface area contributed by atoms with Gasteiger partial charge in [0.05, 0.1) is 6.10 Å². The highest BCUT2D eigenvalue weighted by Gasteiger charge is 2.22. The van der Waals surface area contributed by atoms with Gasteiger partial charge in [-0.25, -0.2) is 0 Å². The number of aliphatic hydroxyl groups excluding tert-OH is 1. The third-order valence-corrected chi connectivity index (χ3v) is 3.80. The Morgan fingerprint density at radius 2 is 2.17 bits per heavy atom. The van der Waals surface area contributed by atoms with E-state index in [-0.39, 0.29) is 6.10 Å². The fourth-order valence-electron chi connectivity index (χ4n) is 2.52. The first-order chi connectivity index (χ1) is 8.63. The zero-order valence-corrected chi connectivity index (χ0v) is 11.4. The van der Waals surface area contributed by atoms with Crippen LogP contribution in [-0.4, -0.2) is 24.4 Å². The van der Waals surface area contributed by atoms with Crippen molar-refractivity contribution in [1.29, 1.82) is 0 Å². The number of hydrogen-bond acceptors (Lipinski definition) is 3. The van der Waals surface area contributed by atoms with Crippen molar-refractivity contribution in [1.82, 2.24) is 5.32 Å². The summed E-state index contributed by atoms with van der Waals surface area (Å²) in [6, 6.07) is 6.66. The molecule has 0 saturated carbocycles. The molecule has 0 heterocycles. The Balaban J connectivity index is 2.27. The molecule has 0 aromatic heterocycles. The lowest BCUT2D eigenvalue weighted by molar-refractivity contribution is 0.0596. The predicted molar refractivity (Wildman–Crippen MR) is 73.0 cm³/mol. The summed E-state index contributed by atoms with van der Waals surface area (Å²) in [4.78, 5) is 0. The molecule has 3 unspecified atom stereocenters. The van der Waals surface area contributed by atoms with Gasteiger partial charge in [0.2, 0.25) is 0 Å². The predicted octanol–water partition coefficient (Wildman–Crippen LogP) is 2.43. The first kappa shape index (κ1) is 13.4. The summed E-state index contributed by atoms with van der Waals surface area (Å²) in [6.07, 6.45) is 2.80. The number of nitrogens with one attached hydrogen (secondary N) is 1. The molecule has 2 rings (SSSR count). The van der Waals surface area contributed by atoms with Crippen molar-refractivity contribution in [3.05, 3.63) is 29.3 Å². The van der Waals surface area contributed by atoms with E-state index < -0.39 is 6.10 Å². The maximum Gasteiger partial charge on any atom is 0.123 e. The second-order valence-electron chi connectivity index (χ2n) is 5.12. The number of ether oxygens (including phenoxy) is 1. The monoisotopic (exact) mass is 249 g/mol. The van der Waals surface area contributed by atoms with E-state index in [0.717, 1.165) is 12.2 Å². The van der Waals surface area contributed by atoms with Crippen LogP contribution in [0.2, 0.25) is 0 Å². The lowest BCUT2D eigenvalue weighted by Crippen LogP contribution is -2.27. The minimum absolute atomic E-state index is 0.175. The van der Waals surface area contributed by atoms with E-state index in [9.17, 15) is 5.11 Å². The van der Waals surface area contributed by atoms with Crippen LogP contribution in [0.1, 0.15) is 43.9 Å². The third kappa shape index (κ3) is 2.68. The number of hydrogen-bond donors (Lipinski definition) is 2. The van der Waals surface area contributed by atoms with Gasteiger partial charge in [-0.15, -0.1) is 0 Å². The summed E-state index contributed by atoms with van der Waals surface area (Å²) in [6.45, 7) is 3.67. The van der Waals surface area contributed by atoms with E-state index in [4.69, 9.17) is 4.74 Å². The number of aliphatic hydroxyl groups is 1. The largest absolute Gasteiger partial charge is 0.488 e. The van der Waals surface area contributed by atoms with Crippen molar-refractivity contribution in [3.63, 3.8) is 0 Å². The van der Waals surface area contributed by atoms with Crippen molar-refractivity contribution in [2.45, 2.75) is 51.4 Å². The van der Waals surface area contributed by atoms with Crippen LogP contribution in [0.25, 0.3) is 0 Å². The lowest BCUT2D eigenvalue weighted by Gasteiger charge is -2.28. The second kappa shape index (κ2) is 5.72. The second-order valence-corrected chi connectivity index (χ2v) is 5.12. The van der Waals surface area contributed by atoms with E-state index in [1.807, 2.05) is 26.1 Å². The molecule has 100 valence electrons. The molecule has 1 aromatic carbocycles. The smallest absolute Gasteiger partial charge is 0.123 e. The summed E-state index contributed by atoms with van der Waals surface area (Å²) in [7, 11) is 2.01. The fourth-order valence-corrected chi connectivity index (χ4v) is 2.52. The van der Waals surface area contributed by atoms with E-state index in [1.54, 1.807) is 6.92 Å². The topological polar surface area (TPSA) is 41.5 Å². The van der Waals surface area contributed by atoms with Crippen molar-refractivity contribution in [2.75, 3.05) is 7.05 Å². The number of benzene rings is 1. The van der Waals surface area contributed by atoms with Crippen LogP contribution in [-0.2, 0) is 6.42 Å². The van der Waals surface area contributed by atoms with Crippen LogP contribution in [0.4, 0.5) is 0 Å². The third-order valence-electron chi connectivity index (χ3n) is 3.80. The molecule has 0 amide bonds. The highest BCUT2D eigenvalue weighted by molar-refractivity contribution is 5.43. The Morgan fingerprint density at radius 1 is 1.39 bits per heavy atom. The highest BCUT2D eigenvalue weighted by atomic mass is 16.5. The standard InChI is InChI=1S/C15H23NO2/c1-10(17)11(2)18-15-9-5-6-12-13(15)7-4-8-14(12)16-3/h5-6,9-11,14,16-17H,4,7-8H2,1-3H3. The maximum atomic E-state index is 9.55. The van der Waals surface area contributed by atoms with E-state index in [1.165, 1.54) is 24.0 Å². The highest BCUT2D eigenvalue weighted by Crippen LogP contribution is 2.35. The van der Waals surface area contributed by atoms with Gasteiger partial charge in [-0.3, -0.25) is 0 Å². The van der Waals surface area contributed by atoms with Crippen molar-refractivity contribution >= 4 is 0 Å². The molecule has 0 saturated heterocycles. The van der Waals surface area contributed by atoms with Crippen LogP contribution in [0.5, 0.6) is 5.75 Å². The van der Waals surface area contributed by atoms with Gasteiger partial charge in [0.15, 0.2) is 0 Å². The van der Waals surface area contributed by atoms with Crippen LogP contribution < -0.4 is 10.1 Å². The van der Waals surface area contributed by atoms with Crippen molar-refractivity contribution in [3.8, 4) is 5.75 Å². The molecule has 1 aliphatic carbocycles. The molecule has 3 heteroatoms. The van der Waals surface area contributed by atoms with E-state index in [0.29, 0.717) is 6.04 Å². The fraction of sp³-hybridized carbons (Fsp3) is 0.600. The van der Waals surface area contributed by atoms with Crippen molar-refractivity contribution in [2.24, 2.45) is 0 Å². The first-order valence-corrected chi connectivity index (χ1v) is 6.77. The number of fused-ring (bicyclic) bond motifs is 1. The van der Waals surface area contributed by atoms with Crippen LogP contribution in [0.15, 0.2) is 18.2 Å². The summed E-state index contributed by atoms with van der Waals surface area (Å²) in [5.74, 6) is 0.931. The Labute approximate surface area is 109 Å². The molecule has 2 N–H and O–H groups in total. The van der Waals surface area contributed by atoms with Gasteiger partial charge in [-0.05, 0) is 57.4 Å². The molecule has 1 aliphatic rings. The summed E-state index contributed by atoms with van der Waals surface area (Å²) >= 11 is 0. The van der Waals surface area contributed by atoms with Crippen LogP contribution in [0, 0.1) is 0 Å². The van der Waals surface area contributed by atoms with Gasteiger partial charge >= 0.3 is 0 Å². The van der Waals surface area contributed by atoms with E-state index >= 15 is 0 Å². The summed E-state index contributed by atoms with van der Waals surface area (Å²) in [5, 5.41) is 12.9. The lowest BCUT2D eigenvalue weighted by atomic mass is 9.87. The van der Waals surface area contributed by atoms with Gasteiger partial charge in [-0.2, -0.15) is 0 Å². The normalized spacial score (nSPS) is 22.1. The zero-order chi connectivity index (χ0) is 13.1. The van der Waals surface area contributed by atoms with Crippen LogP contribution >= 0.6 is 0 Å². The molecular formula is C15H23NO2. The first-order valence-electron chi connectivity index (χ1n) is 6.77. The summed E-state index contributed by atoms with van der Waals surface area (Å²) in [5.41, 5.74) is 2.65. The Bertz CT molecular complexity index is 403. The SMILES string of the molecule is CNC1CCCc2c(OC(C)C(C)O)cccc21. The molecule has 3 atom stereocenters. The Hall–Kier alpha value is -1.06. The van der Waals surface area contributed by atoms with Gasteiger partial charge in [0, 0.05) is 6.04 Å². The minimum atomic E-state index is -0.454. The van der Waals surface area contributed by atoms with E-state index in [2.05, 4.69) is 11.4 Å². The molecular weight excluding hydrogens is 226 g/mol. The Kier molecular flexibility index (Phi) is 4.25. The van der Waals surface area contributed by atoms with Gasteiger partial charge < -0.3 is 15.2 Å². The minimum Gasteiger partial charge on any atom is -0.488 e. The van der Waals surface area contributed by atoms with Gasteiger partial charge in [0.1, 0.15) is 11.9 Å². The molecule has 0 aliphatic heterocycles. The maximum absolute atomic E-state index is 9.55. The molecule has 3 nitrogen and oxygen atoms in total. The quantitative estimate of drug-likeness (QED) is 0.861. The summed E-state index contributed by atoms with van der Waals surface area (Å²) < 4.78 is 5.89. The molecule has 0 fully saturated rings. The molecule has 0 radical (unpaired) electrons. The molecule has 0 spiro atoms. The molecule has 1 aromatic rings. The Morgan fingerprint density at radius 3 is 2.83 bits per heavy atom. The van der Waals surface area contributed by atoms with Crippen molar-refractivity contribution < 1.29 is 9.84 Å². The zero-order valence-electron chi connectivity index (χ0n) is 11.4.